The molecule has 1 saturated carbocycles. The summed E-state index contributed by atoms with van der Waals surface area (Å²) in [6.45, 7) is 4.89. The number of hydrogen-bond acceptors (Lipinski definition) is 4. The number of fused-ring (bicyclic) bond motifs is 1. The molecule has 7 nitrogen and oxygen atoms in total. The molecule has 1 aromatic heterocycles. The van der Waals surface area contributed by atoms with Gasteiger partial charge in [0.05, 0.1) is 6.04 Å². The normalized spacial score (nSPS) is 25.2. The van der Waals surface area contributed by atoms with Crippen LogP contribution in [0.5, 0.6) is 0 Å². The van der Waals surface area contributed by atoms with Crippen molar-refractivity contribution < 1.29 is 4.79 Å². The number of aryl methyl sites for hydroxylation is 1. The van der Waals surface area contributed by atoms with E-state index in [1.807, 2.05) is 6.92 Å². The van der Waals surface area contributed by atoms with Gasteiger partial charge in [0, 0.05) is 38.1 Å². The summed E-state index contributed by atoms with van der Waals surface area (Å²) < 4.78 is 2.17. The summed E-state index contributed by atoms with van der Waals surface area (Å²) >= 11 is 0. The number of carbonyl (C=O) groups is 1. The van der Waals surface area contributed by atoms with Crippen LogP contribution in [0.15, 0.2) is 0 Å². The molecule has 26 heavy (non-hydrogen) atoms. The van der Waals surface area contributed by atoms with E-state index >= 15 is 0 Å². The highest BCUT2D eigenvalue weighted by molar-refractivity contribution is 5.74. The average molecular weight is 361 g/mol. The fraction of sp³-hybridized carbons (Fsp3) is 0.842. The topological polar surface area (TPSA) is 75.1 Å². The number of rotatable bonds is 5. The molecule has 0 aromatic carbocycles. The second-order valence-electron chi connectivity index (χ2n) is 8.13. The molecule has 1 saturated heterocycles. The van der Waals surface area contributed by atoms with Crippen molar-refractivity contribution in [3.05, 3.63) is 11.6 Å². The molecule has 2 unspecified atom stereocenters. The van der Waals surface area contributed by atoms with E-state index in [0.29, 0.717) is 6.04 Å². The van der Waals surface area contributed by atoms with Crippen LogP contribution in [-0.2, 0) is 13.0 Å². The van der Waals surface area contributed by atoms with Gasteiger partial charge in [-0.25, -0.2) is 4.79 Å². The predicted molar refractivity (Wildman–Crippen MR) is 99.9 cm³/mol. The van der Waals surface area contributed by atoms with E-state index in [1.54, 1.807) is 0 Å². The fourth-order valence-electron chi connectivity index (χ4n) is 4.75. The summed E-state index contributed by atoms with van der Waals surface area (Å²) in [4.78, 5) is 15.0. The summed E-state index contributed by atoms with van der Waals surface area (Å²) in [5.74, 6) is 1.93. The number of likely N-dealkylation sites (tertiary alicyclic amines) is 1. The van der Waals surface area contributed by atoms with Crippen LogP contribution in [0.3, 0.4) is 0 Å². The number of amides is 2. The zero-order chi connectivity index (χ0) is 17.9. The molecule has 2 fully saturated rings. The Bertz CT molecular complexity index is 624. The van der Waals surface area contributed by atoms with Crippen LogP contribution in [0.25, 0.3) is 0 Å². The summed E-state index contributed by atoms with van der Waals surface area (Å²) in [6.07, 6.45) is 11.3. The smallest absolute Gasteiger partial charge is 0.315 e. The van der Waals surface area contributed by atoms with E-state index < -0.39 is 0 Å². The van der Waals surface area contributed by atoms with Gasteiger partial charge in [0.15, 0.2) is 5.82 Å². The van der Waals surface area contributed by atoms with Gasteiger partial charge in [-0.1, -0.05) is 19.3 Å². The summed E-state index contributed by atoms with van der Waals surface area (Å²) in [5.41, 5.74) is 0. The zero-order valence-electron chi connectivity index (χ0n) is 15.9. The number of aromatic nitrogens is 3. The van der Waals surface area contributed by atoms with Crippen molar-refractivity contribution in [3.8, 4) is 0 Å². The standard InChI is InChI=1S/C19H32N6O/c1-14(18-23-22-17-9-5-6-11-25(17)18)21-19(26)20-13-16-10-12-24(16)15-7-3-2-4-8-15/h14-16H,2-13H2,1H3,(H2,20,21,26). The van der Waals surface area contributed by atoms with E-state index in [1.165, 1.54) is 51.5 Å². The molecule has 144 valence electrons. The lowest BCUT2D eigenvalue weighted by atomic mass is 9.89. The van der Waals surface area contributed by atoms with Gasteiger partial charge in [-0.05, 0) is 39.0 Å². The maximum absolute atomic E-state index is 12.3. The van der Waals surface area contributed by atoms with Crippen molar-refractivity contribution in [3.63, 3.8) is 0 Å². The molecular formula is C19H32N6O. The summed E-state index contributed by atoms with van der Waals surface area (Å²) in [5, 5.41) is 14.7. The maximum atomic E-state index is 12.3. The van der Waals surface area contributed by atoms with Crippen LogP contribution < -0.4 is 10.6 Å². The number of carbonyl (C=O) groups excluding carboxylic acids is 1. The molecule has 2 amide bonds. The Morgan fingerprint density at radius 3 is 2.73 bits per heavy atom. The van der Waals surface area contributed by atoms with E-state index in [4.69, 9.17) is 0 Å². The second kappa shape index (κ2) is 7.94. The monoisotopic (exact) mass is 360 g/mol. The molecule has 7 heteroatoms. The lowest BCUT2D eigenvalue weighted by Crippen LogP contribution is -2.58. The molecule has 4 rings (SSSR count). The van der Waals surface area contributed by atoms with E-state index in [9.17, 15) is 4.79 Å². The van der Waals surface area contributed by atoms with Gasteiger partial charge < -0.3 is 15.2 Å². The van der Waals surface area contributed by atoms with Crippen molar-refractivity contribution in [1.29, 1.82) is 0 Å². The largest absolute Gasteiger partial charge is 0.337 e. The SMILES string of the molecule is CC(NC(=O)NCC1CCN1C1CCCCC1)c1nnc2n1CCCC2. The Morgan fingerprint density at radius 2 is 1.96 bits per heavy atom. The highest BCUT2D eigenvalue weighted by atomic mass is 16.2. The van der Waals surface area contributed by atoms with Crippen LogP contribution in [-0.4, -0.2) is 50.9 Å². The van der Waals surface area contributed by atoms with Crippen molar-refractivity contribution >= 4 is 6.03 Å². The van der Waals surface area contributed by atoms with E-state index in [-0.39, 0.29) is 12.1 Å². The lowest BCUT2D eigenvalue weighted by Gasteiger charge is -2.47. The van der Waals surface area contributed by atoms with Crippen molar-refractivity contribution in [2.45, 2.75) is 89.4 Å². The van der Waals surface area contributed by atoms with Crippen molar-refractivity contribution in [1.82, 2.24) is 30.3 Å². The first kappa shape index (κ1) is 17.8. The van der Waals surface area contributed by atoms with E-state index in [0.717, 1.165) is 43.6 Å². The number of nitrogens with zero attached hydrogens (tertiary/aromatic N) is 4. The van der Waals surface area contributed by atoms with Gasteiger partial charge in [-0.15, -0.1) is 10.2 Å². The first-order chi connectivity index (χ1) is 12.7. The third kappa shape index (κ3) is 3.72. The van der Waals surface area contributed by atoms with Gasteiger partial charge in [-0.3, -0.25) is 4.90 Å². The molecule has 0 bridgehead atoms. The molecule has 0 spiro atoms. The molecule has 0 radical (unpaired) electrons. The second-order valence-corrected chi connectivity index (χ2v) is 8.13. The molecule has 2 aliphatic heterocycles. The third-order valence-corrected chi connectivity index (χ3v) is 6.35. The Morgan fingerprint density at radius 1 is 1.12 bits per heavy atom. The summed E-state index contributed by atoms with van der Waals surface area (Å²) in [7, 11) is 0. The van der Waals surface area contributed by atoms with Crippen molar-refractivity contribution in [2.75, 3.05) is 13.1 Å². The van der Waals surface area contributed by atoms with Gasteiger partial charge in [0.25, 0.3) is 0 Å². The number of hydrogen-bond donors (Lipinski definition) is 2. The first-order valence-corrected chi connectivity index (χ1v) is 10.4. The average Bonchev–Trinajstić information content (AvgIpc) is 3.06. The number of urea groups is 1. The predicted octanol–water partition coefficient (Wildman–Crippen LogP) is 2.38. The Hall–Kier alpha value is -1.63. The third-order valence-electron chi connectivity index (χ3n) is 6.35. The Balaban J connectivity index is 1.24. The van der Waals surface area contributed by atoms with E-state index in [2.05, 4.69) is 30.3 Å². The maximum Gasteiger partial charge on any atom is 0.315 e. The van der Waals surface area contributed by atoms with Crippen LogP contribution in [0, 0.1) is 0 Å². The molecule has 3 heterocycles. The minimum absolute atomic E-state index is 0.0962. The zero-order valence-corrected chi connectivity index (χ0v) is 15.9. The van der Waals surface area contributed by atoms with Gasteiger partial charge in [-0.2, -0.15) is 0 Å². The molecular weight excluding hydrogens is 328 g/mol. The Labute approximate surface area is 155 Å². The van der Waals surface area contributed by atoms with Crippen molar-refractivity contribution in [2.24, 2.45) is 0 Å². The van der Waals surface area contributed by atoms with Gasteiger partial charge in [0.1, 0.15) is 5.82 Å². The van der Waals surface area contributed by atoms with Crippen LogP contribution in [0.4, 0.5) is 4.79 Å². The molecule has 3 aliphatic rings. The van der Waals surface area contributed by atoms with Gasteiger partial charge >= 0.3 is 6.03 Å². The molecule has 2 N–H and O–H groups in total. The van der Waals surface area contributed by atoms with Crippen LogP contribution in [0.1, 0.15) is 76.0 Å². The quantitative estimate of drug-likeness (QED) is 0.845. The van der Waals surface area contributed by atoms with Crippen LogP contribution >= 0.6 is 0 Å². The minimum atomic E-state index is -0.120. The van der Waals surface area contributed by atoms with Crippen LogP contribution in [0.2, 0.25) is 0 Å². The molecule has 1 aromatic rings. The fourth-order valence-corrected chi connectivity index (χ4v) is 4.75. The highest BCUT2D eigenvalue weighted by Crippen LogP contribution is 2.29. The first-order valence-electron chi connectivity index (χ1n) is 10.4. The minimum Gasteiger partial charge on any atom is -0.337 e. The lowest BCUT2D eigenvalue weighted by molar-refractivity contribution is 0.0256. The number of nitrogens with one attached hydrogen (secondary N) is 2. The highest BCUT2D eigenvalue weighted by Gasteiger charge is 2.34. The Kier molecular flexibility index (Phi) is 5.43. The molecule has 2 atom stereocenters. The molecule has 1 aliphatic carbocycles. The van der Waals surface area contributed by atoms with Gasteiger partial charge in [0.2, 0.25) is 0 Å². The summed E-state index contributed by atoms with van der Waals surface area (Å²) in [6, 6.07) is 1.04.